The Kier molecular flexibility index (Phi) is 7.61. The first-order valence-electron chi connectivity index (χ1n) is 9.98. The van der Waals surface area contributed by atoms with Crippen LogP contribution in [0.1, 0.15) is 21.7 Å². The van der Waals surface area contributed by atoms with Crippen molar-refractivity contribution < 1.29 is 24.1 Å². The van der Waals surface area contributed by atoms with Gasteiger partial charge in [-0.2, -0.15) is 5.10 Å². The quantitative estimate of drug-likeness (QED) is 0.509. The van der Waals surface area contributed by atoms with Crippen LogP contribution in [0.3, 0.4) is 0 Å². The van der Waals surface area contributed by atoms with Crippen molar-refractivity contribution >= 4 is 17.5 Å². The lowest BCUT2D eigenvalue weighted by Gasteiger charge is -2.17. The Labute approximate surface area is 191 Å². The summed E-state index contributed by atoms with van der Waals surface area (Å²) in [6.45, 7) is 3.69. The van der Waals surface area contributed by atoms with E-state index in [0.717, 1.165) is 17.1 Å². The fourth-order valence-corrected chi connectivity index (χ4v) is 3.26. The number of carbonyl (C=O) groups is 1. The van der Waals surface area contributed by atoms with Gasteiger partial charge in [-0.1, -0.05) is 17.7 Å². The Morgan fingerprint density at radius 3 is 2.28 bits per heavy atom. The van der Waals surface area contributed by atoms with Crippen LogP contribution in [0.5, 0.6) is 17.2 Å². The van der Waals surface area contributed by atoms with Crippen LogP contribution < -0.4 is 19.5 Å². The Morgan fingerprint density at radius 2 is 1.75 bits per heavy atom. The van der Waals surface area contributed by atoms with Crippen LogP contribution in [-0.4, -0.2) is 54.3 Å². The first-order chi connectivity index (χ1) is 15.3. The van der Waals surface area contributed by atoms with E-state index in [1.54, 1.807) is 47.1 Å². The lowest BCUT2D eigenvalue weighted by molar-refractivity contribution is 0.0833. The highest BCUT2D eigenvalue weighted by Gasteiger charge is 2.15. The molecule has 32 heavy (non-hydrogen) atoms. The van der Waals surface area contributed by atoms with Crippen molar-refractivity contribution in [1.29, 1.82) is 0 Å². The molecule has 0 spiro atoms. The zero-order chi connectivity index (χ0) is 23.3. The minimum atomic E-state index is -0.926. The Morgan fingerprint density at radius 1 is 1.12 bits per heavy atom. The first-order valence-corrected chi connectivity index (χ1v) is 10.4. The molecule has 9 heteroatoms. The van der Waals surface area contributed by atoms with E-state index in [-0.39, 0.29) is 19.1 Å². The van der Waals surface area contributed by atoms with Crippen molar-refractivity contribution in [2.24, 2.45) is 0 Å². The fourth-order valence-electron chi connectivity index (χ4n) is 3.14. The van der Waals surface area contributed by atoms with E-state index in [4.69, 9.17) is 25.8 Å². The summed E-state index contributed by atoms with van der Waals surface area (Å²) in [5.41, 5.74) is 2.83. The van der Waals surface area contributed by atoms with E-state index in [2.05, 4.69) is 10.4 Å². The molecule has 0 saturated carbocycles. The number of aromatic nitrogens is 2. The topological polar surface area (TPSA) is 94.8 Å². The van der Waals surface area contributed by atoms with E-state index in [9.17, 15) is 9.90 Å². The number of para-hydroxylation sites is 1. The molecule has 1 amide bonds. The van der Waals surface area contributed by atoms with E-state index < -0.39 is 6.10 Å². The minimum Gasteiger partial charge on any atom is -0.493 e. The van der Waals surface area contributed by atoms with E-state index in [1.807, 2.05) is 13.8 Å². The molecule has 2 N–H and O–H groups in total. The monoisotopic (exact) mass is 459 g/mol. The average molecular weight is 460 g/mol. The molecule has 0 radical (unpaired) electrons. The molecule has 3 aromatic rings. The smallest absolute Gasteiger partial charge is 0.251 e. The van der Waals surface area contributed by atoms with Gasteiger partial charge in [0.05, 0.1) is 36.3 Å². The zero-order valence-electron chi connectivity index (χ0n) is 18.4. The molecule has 0 aliphatic heterocycles. The molecule has 0 aliphatic rings. The molecule has 0 saturated heterocycles. The molecule has 170 valence electrons. The second-order valence-corrected chi connectivity index (χ2v) is 7.49. The summed E-state index contributed by atoms with van der Waals surface area (Å²) in [5.74, 6) is 1.06. The summed E-state index contributed by atoms with van der Waals surface area (Å²) >= 11 is 6.20. The van der Waals surface area contributed by atoms with Gasteiger partial charge in [0.1, 0.15) is 12.7 Å². The van der Waals surface area contributed by atoms with Gasteiger partial charge in [0.25, 0.3) is 5.91 Å². The van der Waals surface area contributed by atoms with Crippen LogP contribution in [0.15, 0.2) is 42.5 Å². The molecule has 0 aliphatic carbocycles. The molecule has 1 unspecified atom stereocenters. The molecule has 2 aromatic carbocycles. The van der Waals surface area contributed by atoms with Gasteiger partial charge in [-0.25, -0.2) is 4.68 Å². The molecular weight excluding hydrogens is 434 g/mol. The number of benzene rings is 2. The van der Waals surface area contributed by atoms with Crippen molar-refractivity contribution in [3.8, 4) is 22.9 Å². The van der Waals surface area contributed by atoms with Crippen molar-refractivity contribution in [3.63, 3.8) is 0 Å². The van der Waals surface area contributed by atoms with Crippen LogP contribution >= 0.6 is 11.6 Å². The molecule has 1 atom stereocenters. The number of ether oxygens (including phenoxy) is 3. The molecule has 8 nitrogen and oxygen atoms in total. The van der Waals surface area contributed by atoms with Crippen LogP contribution in [-0.2, 0) is 0 Å². The van der Waals surface area contributed by atoms with Crippen LogP contribution in [0.4, 0.5) is 0 Å². The van der Waals surface area contributed by atoms with Crippen molar-refractivity contribution in [1.82, 2.24) is 15.1 Å². The number of methoxy groups -OCH3 is 2. The van der Waals surface area contributed by atoms with E-state index in [0.29, 0.717) is 27.8 Å². The minimum absolute atomic E-state index is 0.0190. The second-order valence-electron chi connectivity index (χ2n) is 7.11. The number of nitrogens with zero attached hydrogens (tertiary/aromatic N) is 2. The maximum absolute atomic E-state index is 12.5. The predicted molar refractivity (Wildman–Crippen MR) is 121 cm³/mol. The summed E-state index contributed by atoms with van der Waals surface area (Å²) in [6.07, 6.45) is -0.926. The predicted octanol–water partition coefficient (Wildman–Crippen LogP) is 3.33. The molecule has 0 bridgehead atoms. The SMILES string of the molecule is COc1cccc(OC)c1OCC(O)CNC(=O)c1ccc(-n2nc(C)c(Cl)c2C)cc1. The number of nitrogens with one attached hydrogen (secondary N) is 1. The van der Waals surface area contributed by atoms with Crippen LogP contribution in [0.25, 0.3) is 5.69 Å². The Balaban J connectivity index is 1.56. The van der Waals surface area contributed by atoms with Crippen LogP contribution in [0.2, 0.25) is 5.02 Å². The third-order valence-corrected chi connectivity index (χ3v) is 5.42. The van der Waals surface area contributed by atoms with E-state index in [1.165, 1.54) is 14.2 Å². The van der Waals surface area contributed by atoms with Gasteiger partial charge in [-0.15, -0.1) is 0 Å². The number of aryl methyl sites for hydroxylation is 1. The zero-order valence-corrected chi connectivity index (χ0v) is 19.1. The van der Waals surface area contributed by atoms with Crippen molar-refractivity contribution in [3.05, 3.63) is 64.4 Å². The largest absolute Gasteiger partial charge is 0.493 e. The number of rotatable bonds is 9. The van der Waals surface area contributed by atoms with Crippen molar-refractivity contribution in [2.75, 3.05) is 27.4 Å². The normalized spacial score (nSPS) is 11.7. The highest BCUT2D eigenvalue weighted by Crippen LogP contribution is 2.36. The highest BCUT2D eigenvalue weighted by atomic mass is 35.5. The summed E-state index contributed by atoms with van der Waals surface area (Å²) in [6, 6.07) is 12.2. The van der Waals surface area contributed by atoms with Gasteiger partial charge >= 0.3 is 0 Å². The highest BCUT2D eigenvalue weighted by molar-refractivity contribution is 6.31. The Hall–Kier alpha value is -3.23. The second kappa shape index (κ2) is 10.4. The standard InChI is InChI=1S/C23H26ClN3O5/c1-14-21(24)15(2)27(26-14)17-10-8-16(9-11-17)23(29)25-12-18(28)13-32-22-19(30-3)6-5-7-20(22)31-4/h5-11,18,28H,12-13H2,1-4H3,(H,25,29). The molecule has 3 rings (SSSR count). The van der Waals surface area contributed by atoms with Crippen molar-refractivity contribution in [2.45, 2.75) is 20.0 Å². The Bertz CT molecular complexity index is 1060. The number of aliphatic hydroxyl groups is 1. The number of hydrogen-bond donors (Lipinski definition) is 2. The van der Waals surface area contributed by atoms with Gasteiger partial charge in [-0.05, 0) is 50.2 Å². The first kappa shape index (κ1) is 23.4. The summed E-state index contributed by atoms with van der Waals surface area (Å²) in [4.78, 5) is 12.5. The third kappa shape index (κ3) is 5.15. The lowest BCUT2D eigenvalue weighted by Crippen LogP contribution is -2.35. The van der Waals surface area contributed by atoms with Crippen LogP contribution in [0, 0.1) is 13.8 Å². The molecule has 1 heterocycles. The van der Waals surface area contributed by atoms with E-state index >= 15 is 0 Å². The molecule has 0 fully saturated rings. The number of carbonyl (C=O) groups excluding carboxylic acids is 1. The summed E-state index contributed by atoms with van der Waals surface area (Å²) < 4.78 is 17.9. The third-order valence-electron chi connectivity index (χ3n) is 4.88. The number of amides is 1. The van der Waals surface area contributed by atoms with Gasteiger partial charge < -0.3 is 24.6 Å². The number of hydrogen-bond acceptors (Lipinski definition) is 6. The van der Waals surface area contributed by atoms with Gasteiger partial charge in [-0.3, -0.25) is 4.79 Å². The fraction of sp³-hybridized carbons (Fsp3) is 0.304. The summed E-state index contributed by atoms with van der Waals surface area (Å²) in [5, 5.41) is 18.0. The van der Waals surface area contributed by atoms with Gasteiger partial charge in [0.15, 0.2) is 11.5 Å². The maximum atomic E-state index is 12.5. The summed E-state index contributed by atoms with van der Waals surface area (Å²) in [7, 11) is 3.04. The number of aliphatic hydroxyl groups excluding tert-OH is 1. The lowest BCUT2D eigenvalue weighted by atomic mass is 10.2. The number of halogens is 1. The average Bonchev–Trinajstić information content (AvgIpc) is 3.08. The van der Waals surface area contributed by atoms with Gasteiger partial charge in [0, 0.05) is 12.1 Å². The van der Waals surface area contributed by atoms with Gasteiger partial charge in [0.2, 0.25) is 5.75 Å². The maximum Gasteiger partial charge on any atom is 0.251 e. The molecule has 1 aromatic heterocycles. The molecular formula is C23H26ClN3O5.